The number of aryl methyl sites for hydroxylation is 2. The summed E-state index contributed by atoms with van der Waals surface area (Å²) in [6.07, 6.45) is 0. The highest BCUT2D eigenvalue weighted by Crippen LogP contribution is 2.28. The van der Waals surface area contributed by atoms with Crippen molar-refractivity contribution in [3.05, 3.63) is 41.5 Å². The average Bonchev–Trinajstić information content (AvgIpc) is 2.59. The van der Waals surface area contributed by atoms with Gasteiger partial charge in [0.25, 0.3) is 0 Å². The van der Waals surface area contributed by atoms with Crippen molar-refractivity contribution in [2.24, 2.45) is 0 Å². The van der Waals surface area contributed by atoms with E-state index in [0.717, 1.165) is 36.0 Å². The van der Waals surface area contributed by atoms with Crippen LogP contribution in [0.15, 0.2) is 28.7 Å². The summed E-state index contributed by atoms with van der Waals surface area (Å²) in [6.45, 7) is 6.03. The van der Waals surface area contributed by atoms with Crippen LogP contribution < -0.4 is 5.32 Å². The molecule has 0 unspecified atom stereocenters. The van der Waals surface area contributed by atoms with E-state index in [1.54, 1.807) is 0 Å². The SMILES string of the molecule is Cc1ccc(-c2nc(C3CNC3)oc2C)cc1. The van der Waals surface area contributed by atoms with Crippen LogP contribution in [0, 0.1) is 13.8 Å². The summed E-state index contributed by atoms with van der Waals surface area (Å²) in [5.41, 5.74) is 3.38. The van der Waals surface area contributed by atoms with Gasteiger partial charge < -0.3 is 9.73 Å². The number of oxazole rings is 1. The van der Waals surface area contributed by atoms with Crippen LogP contribution in [-0.4, -0.2) is 18.1 Å². The first kappa shape index (κ1) is 10.5. The van der Waals surface area contributed by atoms with Crippen LogP contribution >= 0.6 is 0 Å². The summed E-state index contributed by atoms with van der Waals surface area (Å²) >= 11 is 0. The molecule has 2 heterocycles. The first-order valence-corrected chi connectivity index (χ1v) is 5.99. The molecule has 0 atom stereocenters. The normalized spacial score (nSPS) is 15.9. The van der Waals surface area contributed by atoms with Crippen LogP contribution in [0.3, 0.4) is 0 Å². The van der Waals surface area contributed by atoms with E-state index >= 15 is 0 Å². The maximum absolute atomic E-state index is 5.75. The lowest BCUT2D eigenvalue weighted by Gasteiger charge is -2.23. The average molecular weight is 228 g/mol. The fraction of sp³-hybridized carbons (Fsp3) is 0.357. The monoisotopic (exact) mass is 228 g/mol. The second-order valence-electron chi connectivity index (χ2n) is 4.68. The minimum absolute atomic E-state index is 0.452. The van der Waals surface area contributed by atoms with Crippen molar-refractivity contribution in [2.45, 2.75) is 19.8 Å². The number of nitrogens with zero attached hydrogens (tertiary/aromatic N) is 1. The first-order valence-electron chi connectivity index (χ1n) is 5.99. The zero-order chi connectivity index (χ0) is 11.8. The molecule has 0 bridgehead atoms. The van der Waals surface area contributed by atoms with Gasteiger partial charge in [-0.1, -0.05) is 29.8 Å². The van der Waals surface area contributed by atoms with E-state index in [9.17, 15) is 0 Å². The second kappa shape index (κ2) is 4.00. The highest BCUT2D eigenvalue weighted by atomic mass is 16.4. The van der Waals surface area contributed by atoms with Crippen LogP contribution in [-0.2, 0) is 0 Å². The summed E-state index contributed by atoms with van der Waals surface area (Å²) in [4.78, 5) is 4.63. The van der Waals surface area contributed by atoms with E-state index in [-0.39, 0.29) is 0 Å². The summed E-state index contributed by atoms with van der Waals surface area (Å²) < 4.78 is 5.75. The van der Waals surface area contributed by atoms with Gasteiger partial charge in [0.15, 0.2) is 0 Å². The van der Waals surface area contributed by atoms with Crippen LogP contribution in [0.4, 0.5) is 0 Å². The lowest BCUT2D eigenvalue weighted by atomic mass is 10.0. The van der Waals surface area contributed by atoms with E-state index in [2.05, 4.69) is 41.5 Å². The number of rotatable bonds is 2. The Hall–Kier alpha value is -1.61. The van der Waals surface area contributed by atoms with Gasteiger partial charge in [-0.2, -0.15) is 0 Å². The molecule has 2 aromatic rings. The molecule has 1 fully saturated rings. The van der Waals surface area contributed by atoms with E-state index in [0.29, 0.717) is 5.92 Å². The molecule has 0 amide bonds. The van der Waals surface area contributed by atoms with Crippen molar-refractivity contribution in [1.29, 1.82) is 0 Å². The Bertz CT molecular complexity index is 524. The number of hydrogen-bond donors (Lipinski definition) is 1. The van der Waals surface area contributed by atoms with E-state index < -0.39 is 0 Å². The summed E-state index contributed by atoms with van der Waals surface area (Å²) in [6, 6.07) is 8.41. The number of hydrogen-bond acceptors (Lipinski definition) is 3. The molecule has 1 saturated heterocycles. The van der Waals surface area contributed by atoms with Gasteiger partial charge in [0.05, 0.1) is 5.92 Å². The van der Waals surface area contributed by atoms with Gasteiger partial charge in [-0.3, -0.25) is 0 Å². The third-order valence-electron chi connectivity index (χ3n) is 3.27. The van der Waals surface area contributed by atoms with Gasteiger partial charge in [0, 0.05) is 18.7 Å². The molecule has 1 aromatic heterocycles. The van der Waals surface area contributed by atoms with Crippen molar-refractivity contribution < 1.29 is 4.42 Å². The molecule has 0 radical (unpaired) electrons. The van der Waals surface area contributed by atoms with E-state index in [1.165, 1.54) is 5.56 Å². The molecule has 0 saturated carbocycles. The molecule has 1 N–H and O–H groups in total. The van der Waals surface area contributed by atoms with E-state index in [1.807, 2.05) is 6.92 Å². The third kappa shape index (κ3) is 1.87. The molecule has 1 aliphatic heterocycles. The van der Waals surface area contributed by atoms with Gasteiger partial charge in [-0.05, 0) is 13.8 Å². The lowest BCUT2D eigenvalue weighted by molar-refractivity contribution is 0.350. The highest BCUT2D eigenvalue weighted by Gasteiger charge is 2.25. The Labute approximate surface area is 101 Å². The minimum Gasteiger partial charge on any atom is -0.445 e. The van der Waals surface area contributed by atoms with Gasteiger partial charge >= 0.3 is 0 Å². The molecule has 3 rings (SSSR count). The smallest absolute Gasteiger partial charge is 0.200 e. The van der Waals surface area contributed by atoms with Crippen molar-refractivity contribution in [2.75, 3.05) is 13.1 Å². The number of nitrogens with one attached hydrogen (secondary N) is 1. The topological polar surface area (TPSA) is 38.1 Å². The first-order chi connectivity index (χ1) is 8.24. The van der Waals surface area contributed by atoms with Gasteiger partial charge in [0.2, 0.25) is 5.89 Å². The molecule has 0 spiro atoms. The van der Waals surface area contributed by atoms with Crippen LogP contribution in [0.1, 0.15) is 23.1 Å². The van der Waals surface area contributed by atoms with Crippen LogP contribution in [0.2, 0.25) is 0 Å². The fourth-order valence-corrected chi connectivity index (χ4v) is 2.03. The molecular weight excluding hydrogens is 212 g/mol. The van der Waals surface area contributed by atoms with Gasteiger partial charge in [-0.25, -0.2) is 4.98 Å². The lowest BCUT2D eigenvalue weighted by Crippen LogP contribution is -2.40. The Morgan fingerprint density at radius 1 is 1.18 bits per heavy atom. The molecular formula is C14H16N2O. The predicted molar refractivity (Wildman–Crippen MR) is 67.0 cm³/mol. The Morgan fingerprint density at radius 2 is 1.88 bits per heavy atom. The third-order valence-corrected chi connectivity index (χ3v) is 3.27. The maximum Gasteiger partial charge on any atom is 0.200 e. The number of aromatic nitrogens is 1. The Balaban J connectivity index is 1.96. The minimum atomic E-state index is 0.452. The van der Waals surface area contributed by atoms with Crippen LogP contribution in [0.25, 0.3) is 11.3 Å². The summed E-state index contributed by atoms with van der Waals surface area (Å²) in [5.74, 6) is 2.24. The Morgan fingerprint density at radius 3 is 2.47 bits per heavy atom. The standard InChI is InChI=1S/C14H16N2O/c1-9-3-5-11(6-4-9)13-10(2)17-14(16-13)12-7-15-8-12/h3-6,12,15H,7-8H2,1-2H3. The summed E-state index contributed by atoms with van der Waals surface area (Å²) in [5, 5.41) is 3.24. The van der Waals surface area contributed by atoms with Crippen molar-refractivity contribution in [3.8, 4) is 11.3 Å². The maximum atomic E-state index is 5.75. The van der Waals surface area contributed by atoms with Crippen molar-refractivity contribution >= 4 is 0 Å². The molecule has 17 heavy (non-hydrogen) atoms. The zero-order valence-electron chi connectivity index (χ0n) is 10.2. The molecule has 0 aliphatic carbocycles. The Kier molecular flexibility index (Phi) is 2.48. The largest absolute Gasteiger partial charge is 0.445 e. The van der Waals surface area contributed by atoms with E-state index in [4.69, 9.17) is 4.42 Å². The quantitative estimate of drug-likeness (QED) is 0.858. The van der Waals surface area contributed by atoms with Crippen LogP contribution in [0.5, 0.6) is 0 Å². The molecule has 88 valence electrons. The van der Waals surface area contributed by atoms with Crippen molar-refractivity contribution in [1.82, 2.24) is 10.3 Å². The predicted octanol–water partition coefficient (Wildman–Crippen LogP) is 2.65. The number of benzene rings is 1. The second-order valence-corrected chi connectivity index (χ2v) is 4.68. The zero-order valence-corrected chi connectivity index (χ0v) is 10.2. The molecule has 3 heteroatoms. The molecule has 1 aliphatic rings. The summed E-state index contributed by atoms with van der Waals surface area (Å²) in [7, 11) is 0. The van der Waals surface area contributed by atoms with Gasteiger partial charge in [-0.15, -0.1) is 0 Å². The van der Waals surface area contributed by atoms with Crippen molar-refractivity contribution in [3.63, 3.8) is 0 Å². The molecule has 1 aromatic carbocycles. The highest BCUT2D eigenvalue weighted by molar-refractivity contribution is 5.61. The van der Waals surface area contributed by atoms with Gasteiger partial charge in [0.1, 0.15) is 11.5 Å². The molecule has 3 nitrogen and oxygen atoms in total. The fourth-order valence-electron chi connectivity index (χ4n) is 2.03.